The van der Waals surface area contributed by atoms with E-state index in [0.29, 0.717) is 6.61 Å². The lowest BCUT2D eigenvalue weighted by Gasteiger charge is -2.10. The van der Waals surface area contributed by atoms with Crippen LogP contribution in [-0.4, -0.2) is 0 Å². The van der Waals surface area contributed by atoms with Crippen molar-refractivity contribution >= 4 is 27.3 Å². The maximum Gasteiger partial charge on any atom is 0.123 e. The molecule has 3 rings (SSSR count). The summed E-state index contributed by atoms with van der Waals surface area (Å²) in [6.45, 7) is 0.627. The first kappa shape index (κ1) is 12.2. The molecule has 1 atom stereocenters. The quantitative estimate of drug-likeness (QED) is 0.925. The summed E-state index contributed by atoms with van der Waals surface area (Å²) in [5.74, 6) is 0.991. The lowest BCUT2D eigenvalue weighted by molar-refractivity contribution is 0.307. The number of benzene rings is 1. The molecule has 1 unspecified atom stereocenters. The fourth-order valence-corrected chi connectivity index (χ4v) is 3.73. The molecule has 1 aliphatic carbocycles. The summed E-state index contributed by atoms with van der Waals surface area (Å²) in [5.41, 5.74) is 8.61. The molecule has 1 heterocycles. The first-order valence-corrected chi connectivity index (χ1v) is 7.64. The Balaban J connectivity index is 1.78. The maximum absolute atomic E-state index is 6.07. The van der Waals surface area contributed by atoms with Gasteiger partial charge < -0.3 is 10.5 Å². The van der Waals surface area contributed by atoms with Crippen LogP contribution in [0.2, 0.25) is 0 Å². The van der Waals surface area contributed by atoms with E-state index < -0.39 is 0 Å². The van der Waals surface area contributed by atoms with Crippen molar-refractivity contribution in [1.82, 2.24) is 0 Å². The van der Waals surface area contributed by atoms with Gasteiger partial charge >= 0.3 is 0 Å². The first-order valence-electron chi connectivity index (χ1n) is 5.97. The van der Waals surface area contributed by atoms with E-state index in [1.807, 2.05) is 12.1 Å². The molecule has 2 N–H and O–H groups in total. The minimum Gasteiger partial charge on any atom is -0.488 e. The highest BCUT2D eigenvalue weighted by molar-refractivity contribution is 9.10. The molecule has 18 heavy (non-hydrogen) atoms. The van der Waals surface area contributed by atoms with E-state index in [1.165, 1.54) is 16.0 Å². The van der Waals surface area contributed by atoms with E-state index in [4.69, 9.17) is 10.5 Å². The Labute approximate surface area is 119 Å². The summed E-state index contributed by atoms with van der Waals surface area (Å²) >= 11 is 5.16. The highest BCUT2D eigenvalue weighted by Crippen LogP contribution is 2.36. The third kappa shape index (κ3) is 2.32. The lowest BCUT2D eigenvalue weighted by Crippen LogP contribution is -2.05. The summed E-state index contributed by atoms with van der Waals surface area (Å²) in [5, 5.41) is 2.07. The Bertz CT molecular complexity index is 567. The standard InChI is InChI=1S/C14H14BrNOS/c15-9-6-10(18-8-9)7-17-14-3-1-2-11-12(14)4-5-13(11)16/h1-3,6,8,13H,4-5,7,16H2. The highest BCUT2D eigenvalue weighted by Gasteiger charge is 2.22. The number of hydrogen-bond donors (Lipinski definition) is 1. The number of ether oxygens (including phenoxy) is 1. The summed E-state index contributed by atoms with van der Waals surface area (Å²) in [7, 11) is 0. The average Bonchev–Trinajstić information content (AvgIpc) is 2.94. The van der Waals surface area contributed by atoms with Crippen molar-refractivity contribution in [3.05, 3.63) is 50.1 Å². The molecule has 0 saturated carbocycles. The van der Waals surface area contributed by atoms with Crippen molar-refractivity contribution in [2.24, 2.45) is 5.73 Å². The van der Waals surface area contributed by atoms with Gasteiger partial charge in [0, 0.05) is 20.8 Å². The zero-order valence-corrected chi connectivity index (χ0v) is 12.3. The molecule has 0 saturated heterocycles. The summed E-state index contributed by atoms with van der Waals surface area (Å²) in [6, 6.07) is 8.46. The van der Waals surface area contributed by atoms with Gasteiger partial charge in [-0.25, -0.2) is 0 Å². The monoisotopic (exact) mass is 323 g/mol. The van der Waals surface area contributed by atoms with Crippen LogP contribution in [0.25, 0.3) is 0 Å². The van der Waals surface area contributed by atoms with Crippen molar-refractivity contribution in [3.63, 3.8) is 0 Å². The van der Waals surface area contributed by atoms with Crippen LogP contribution in [-0.2, 0) is 13.0 Å². The molecule has 0 amide bonds. The van der Waals surface area contributed by atoms with Crippen LogP contribution >= 0.6 is 27.3 Å². The molecule has 94 valence electrons. The normalized spacial score (nSPS) is 17.8. The third-order valence-corrected chi connectivity index (χ3v) is 4.94. The summed E-state index contributed by atoms with van der Waals surface area (Å²) < 4.78 is 7.05. The SMILES string of the molecule is NC1CCc2c(OCc3cc(Br)cs3)cccc21. The zero-order chi connectivity index (χ0) is 12.5. The van der Waals surface area contributed by atoms with E-state index >= 15 is 0 Å². The number of hydrogen-bond acceptors (Lipinski definition) is 3. The van der Waals surface area contributed by atoms with E-state index in [9.17, 15) is 0 Å². The summed E-state index contributed by atoms with van der Waals surface area (Å²) in [6.07, 6.45) is 2.06. The van der Waals surface area contributed by atoms with Gasteiger partial charge in [-0.2, -0.15) is 0 Å². The Morgan fingerprint density at radius 2 is 2.33 bits per heavy atom. The predicted octanol–water partition coefficient (Wildman–Crippen LogP) is 4.04. The maximum atomic E-state index is 6.07. The average molecular weight is 324 g/mol. The molecule has 0 aliphatic heterocycles. The van der Waals surface area contributed by atoms with Crippen LogP contribution in [0, 0.1) is 0 Å². The number of thiophene rings is 1. The van der Waals surface area contributed by atoms with Crippen molar-refractivity contribution in [2.75, 3.05) is 0 Å². The third-order valence-electron chi connectivity index (χ3n) is 3.27. The van der Waals surface area contributed by atoms with Crippen LogP contribution in [0.1, 0.15) is 28.5 Å². The van der Waals surface area contributed by atoms with Crippen LogP contribution < -0.4 is 10.5 Å². The van der Waals surface area contributed by atoms with Crippen molar-refractivity contribution in [3.8, 4) is 5.75 Å². The van der Waals surface area contributed by atoms with Crippen LogP contribution in [0.5, 0.6) is 5.75 Å². The molecule has 1 aromatic heterocycles. The van der Waals surface area contributed by atoms with Crippen molar-refractivity contribution in [1.29, 1.82) is 0 Å². The number of fused-ring (bicyclic) bond motifs is 1. The molecule has 1 aliphatic rings. The second kappa shape index (κ2) is 5.03. The highest BCUT2D eigenvalue weighted by atomic mass is 79.9. The minimum absolute atomic E-state index is 0.180. The second-order valence-corrected chi connectivity index (χ2v) is 6.40. The molecule has 1 aromatic carbocycles. The molecule has 2 aromatic rings. The summed E-state index contributed by atoms with van der Waals surface area (Å²) in [4.78, 5) is 1.22. The van der Waals surface area contributed by atoms with Gasteiger partial charge in [-0.05, 0) is 52.0 Å². The van der Waals surface area contributed by atoms with Gasteiger partial charge in [0.05, 0.1) is 0 Å². The fraction of sp³-hybridized carbons (Fsp3) is 0.286. The van der Waals surface area contributed by atoms with Gasteiger partial charge in [-0.15, -0.1) is 11.3 Å². The molecular formula is C14H14BrNOS. The zero-order valence-electron chi connectivity index (χ0n) is 9.86. The molecule has 0 fully saturated rings. The van der Waals surface area contributed by atoms with Crippen LogP contribution in [0.4, 0.5) is 0 Å². The largest absolute Gasteiger partial charge is 0.488 e. The molecular weight excluding hydrogens is 310 g/mol. The topological polar surface area (TPSA) is 35.2 Å². The van der Waals surface area contributed by atoms with Gasteiger partial charge in [-0.3, -0.25) is 0 Å². The number of nitrogens with two attached hydrogens (primary N) is 1. The second-order valence-electron chi connectivity index (χ2n) is 4.49. The van der Waals surface area contributed by atoms with Gasteiger partial charge in [0.15, 0.2) is 0 Å². The predicted molar refractivity (Wildman–Crippen MR) is 78.0 cm³/mol. The van der Waals surface area contributed by atoms with Crippen LogP contribution in [0.15, 0.2) is 34.1 Å². The van der Waals surface area contributed by atoms with Gasteiger partial charge in [0.1, 0.15) is 12.4 Å². The number of halogens is 1. The smallest absolute Gasteiger partial charge is 0.123 e. The minimum atomic E-state index is 0.180. The molecule has 2 nitrogen and oxygen atoms in total. The molecule has 0 spiro atoms. The van der Waals surface area contributed by atoms with E-state index in [1.54, 1.807) is 11.3 Å². The molecule has 4 heteroatoms. The van der Waals surface area contributed by atoms with Gasteiger partial charge in [-0.1, -0.05) is 12.1 Å². The molecule has 0 bridgehead atoms. The van der Waals surface area contributed by atoms with E-state index in [0.717, 1.165) is 23.1 Å². The molecule has 0 radical (unpaired) electrons. The van der Waals surface area contributed by atoms with E-state index in [2.05, 4.69) is 33.4 Å². The first-order chi connectivity index (χ1) is 8.74. The van der Waals surface area contributed by atoms with Gasteiger partial charge in [0.2, 0.25) is 0 Å². The van der Waals surface area contributed by atoms with Crippen molar-refractivity contribution in [2.45, 2.75) is 25.5 Å². The van der Waals surface area contributed by atoms with Gasteiger partial charge in [0.25, 0.3) is 0 Å². The Kier molecular flexibility index (Phi) is 3.41. The fourth-order valence-electron chi connectivity index (χ4n) is 2.37. The number of rotatable bonds is 3. The van der Waals surface area contributed by atoms with E-state index in [-0.39, 0.29) is 6.04 Å². The Morgan fingerprint density at radius 3 is 3.11 bits per heavy atom. The van der Waals surface area contributed by atoms with Crippen LogP contribution in [0.3, 0.4) is 0 Å². The lowest BCUT2D eigenvalue weighted by atomic mass is 10.1. The Morgan fingerprint density at radius 1 is 1.44 bits per heavy atom. The van der Waals surface area contributed by atoms with Crippen molar-refractivity contribution < 1.29 is 4.74 Å². The Hall–Kier alpha value is -0.840.